The van der Waals surface area contributed by atoms with E-state index in [4.69, 9.17) is 5.73 Å². The molecule has 3 amide bonds. The summed E-state index contributed by atoms with van der Waals surface area (Å²) in [4.78, 5) is 52.9. The third-order valence-corrected chi connectivity index (χ3v) is 6.35. The molecule has 0 fully saturated rings. The second kappa shape index (κ2) is 13.6. The van der Waals surface area contributed by atoms with Crippen LogP contribution in [0.15, 0.2) is 60.8 Å². The lowest BCUT2D eigenvalue weighted by Crippen LogP contribution is -2.58. The number of nitrogens with two attached hydrogens (primary N) is 1. The quantitative estimate of drug-likeness (QED) is 0.137. The number of H-pyrrole nitrogens is 1. The van der Waals surface area contributed by atoms with Crippen molar-refractivity contribution in [3.63, 3.8) is 0 Å². The third-order valence-electron chi connectivity index (χ3n) is 5.98. The zero-order valence-corrected chi connectivity index (χ0v) is 21.4. The van der Waals surface area contributed by atoms with E-state index in [-0.39, 0.29) is 18.6 Å². The SMILES string of the molecule is NC(Cc1c[nH]c2ccccc12)C(=O)NC(CS)C(=O)NC(CO)C(=O)NC(Cc1ccccc1)C(=O)O. The van der Waals surface area contributed by atoms with E-state index in [1.165, 1.54) is 0 Å². The van der Waals surface area contributed by atoms with Gasteiger partial charge in [-0.3, -0.25) is 14.4 Å². The number of aromatic nitrogens is 1. The number of hydrogen-bond acceptors (Lipinski definition) is 7. The van der Waals surface area contributed by atoms with Crippen molar-refractivity contribution in [1.82, 2.24) is 20.9 Å². The molecule has 0 aliphatic carbocycles. The number of aromatic amines is 1. The number of fused-ring (bicyclic) bond motifs is 1. The van der Waals surface area contributed by atoms with Gasteiger partial charge in [-0.2, -0.15) is 12.6 Å². The van der Waals surface area contributed by atoms with Crippen molar-refractivity contribution < 1.29 is 29.4 Å². The van der Waals surface area contributed by atoms with E-state index in [2.05, 4.69) is 33.6 Å². The molecule has 0 bridgehead atoms. The summed E-state index contributed by atoms with van der Waals surface area (Å²) in [6, 6.07) is 11.4. The Kier molecular flexibility index (Phi) is 10.3. The Morgan fingerprint density at radius 2 is 1.45 bits per heavy atom. The summed E-state index contributed by atoms with van der Waals surface area (Å²) < 4.78 is 0. The molecule has 0 saturated heterocycles. The van der Waals surface area contributed by atoms with Crippen LogP contribution in [0.1, 0.15) is 11.1 Å². The van der Waals surface area contributed by atoms with Gasteiger partial charge >= 0.3 is 5.97 Å². The van der Waals surface area contributed by atoms with Crippen molar-refractivity contribution in [2.45, 2.75) is 37.0 Å². The second-order valence-electron chi connectivity index (χ2n) is 8.75. The molecular weight excluding hydrogens is 510 g/mol. The van der Waals surface area contributed by atoms with Gasteiger partial charge < -0.3 is 36.9 Å². The molecule has 0 saturated carbocycles. The van der Waals surface area contributed by atoms with Gasteiger partial charge in [0.2, 0.25) is 17.7 Å². The molecule has 0 radical (unpaired) electrons. The van der Waals surface area contributed by atoms with Crippen LogP contribution in [0, 0.1) is 0 Å². The molecule has 12 heteroatoms. The molecule has 4 atom stereocenters. The number of aliphatic hydroxyl groups excluding tert-OH is 1. The Morgan fingerprint density at radius 1 is 0.842 bits per heavy atom. The molecule has 38 heavy (non-hydrogen) atoms. The number of aliphatic hydroxyl groups is 1. The number of carbonyl (C=O) groups excluding carboxylic acids is 3. The summed E-state index contributed by atoms with van der Waals surface area (Å²) in [6.07, 6.45) is 2.00. The lowest BCUT2D eigenvalue weighted by atomic mass is 10.0. The van der Waals surface area contributed by atoms with Gasteiger partial charge in [0.05, 0.1) is 12.6 Å². The number of benzene rings is 2. The molecule has 202 valence electrons. The Morgan fingerprint density at radius 3 is 2.11 bits per heavy atom. The van der Waals surface area contributed by atoms with E-state index in [1.54, 1.807) is 36.5 Å². The van der Waals surface area contributed by atoms with Gasteiger partial charge in [0.15, 0.2) is 0 Å². The van der Waals surface area contributed by atoms with Crippen molar-refractivity contribution in [2.75, 3.05) is 12.4 Å². The number of hydrogen-bond donors (Lipinski definition) is 8. The van der Waals surface area contributed by atoms with Gasteiger partial charge in [-0.25, -0.2) is 4.79 Å². The zero-order chi connectivity index (χ0) is 27.7. The van der Waals surface area contributed by atoms with Gasteiger partial charge in [-0.1, -0.05) is 48.5 Å². The van der Waals surface area contributed by atoms with Crippen LogP contribution in [-0.4, -0.2) is 75.4 Å². The third kappa shape index (κ3) is 7.57. The first-order valence-corrected chi connectivity index (χ1v) is 12.6. The summed E-state index contributed by atoms with van der Waals surface area (Å²) in [5, 5.41) is 27.3. The molecule has 3 rings (SSSR count). The van der Waals surface area contributed by atoms with Crippen LogP contribution in [0.5, 0.6) is 0 Å². The molecule has 0 aliphatic rings. The normalized spacial score (nSPS) is 14.2. The van der Waals surface area contributed by atoms with E-state index < -0.39 is 54.5 Å². The van der Waals surface area contributed by atoms with Crippen LogP contribution in [-0.2, 0) is 32.0 Å². The molecule has 0 spiro atoms. The Hall–Kier alpha value is -3.87. The Balaban J connectivity index is 1.57. The van der Waals surface area contributed by atoms with Crippen LogP contribution in [0.4, 0.5) is 0 Å². The highest BCUT2D eigenvalue weighted by atomic mass is 32.1. The van der Waals surface area contributed by atoms with Crippen LogP contribution < -0.4 is 21.7 Å². The summed E-state index contributed by atoms with van der Waals surface area (Å²) in [5.41, 5.74) is 8.52. The number of nitrogens with one attached hydrogen (secondary N) is 4. The van der Waals surface area contributed by atoms with Crippen molar-refractivity contribution in [2.24, 2.45) is 5.73 Å². The van der Waals surface area contributed by atoms with Crippen LogP contribution in [0.3, 0.4) is 0 Å². The average molecular weight is 542 g/mol. The minimum atomic E-state index is -1.45. The number of carboxylic acids is 1. The minimum Gasteiger partial charge on any atom is -0.480 e. The molecule has 1 heterocycles. The van der Waals surface area contributed by atoms with Gasteiger partial charge in [0.1, 0.15) is 18.1 Å². The number of thiol groups is 1. The number of carbonyl (C=O) groups is 4. The fraction of sp³-hybridized carbons (Fsp3) is 0.308. The van der Waals surface area contributed by atoms with Gasteiger partial charge in [0, 0.05) is 29.3 Å². The Bertz CT molecular complexity index is 1270. The first-order valence-electron chi connectivity index (χ1n) is 11.9. The second-order valence-corrected chi connectivity index (χ2v) is 9.11. The standard InChI is InChI=1S/C26H31N5O6S/c27-18(11-16-12-28-19-9-5-4-8-17(16)19)23(33)31-22(14-38)25(35)30-21(13-32)24(34)29-20(26(36)37)10-15-6-2-1-3-7-15/h1-9,12,18,20-22,28,32,38H,10-11,13-14,27H2,(H,29,34)(H,30,35)(H,31,33)(H,36,37). The molecule has 8 N–H and O–H groups in total. The average Bonchev–Trinajstić information content (AvgIpc) is 3.32. The Labute approximate surface area is 224 Å². The largest absolute Gasteiger partial charge is 0.480 e. The fourth-order valence-electron chi connectivity index (χ4n) is 3.89. The lowest BCUT2D eigenvalue weighted by molar-refractivity contribution is -0.142. The first kappa shape index (κ1) is 28.7. The van der Waals surface area contributed by atoms with Crippen LogP contribution in [0.2, 0.25) is 0 Å². The maximum absolute atomic E-state index is 12.8. The van der Waals surface area contributed by atoms with E-state index in [1.807, 2.05) is 24.3 Å². The topological polar surface area (TPSA) is 187 Å². The summed E-state index contributed by atoms with van der Waals surface area (Å²) in [6.45, 7) is -0.789. The van der Waals surface area contributed by atoms with E-state index in [9.17, 15) is 29.4 Å². The van der Waals surface area contributed by atoms with Gasteiger partial charge in [0.25, 0.3) is 0 Å². The number of amides is 3. The van der Waals surface area contributed by atoms with Gasteiger partial charge in [-0.15, -0.1) is 0 Å². The summed E-state index contributed by atoms with van der Waals surface area (Å²) in [7, 11) is 0. The van der Waals surface area contributed by atoms with Crippen molar-refractivity contribution in [3.8, 4) is 0 Å². The molecule has 11 nitrogen and oxygen atoms in total. The van der Waals surface area contributed by atoms with Crippen LogP contribution >= 0.6 is 12.6 Å². The predicted octanol–water partition coefficient (Wildman–Crippen LogP) is -0.258. The zero-order valence-electron chi connectivity index (χ0n) is 20.5. The fourth-order valence-corrected chi connectivity index (χ4v) is 4.15. The number of aliphatic carboxylic acids is 1. The van der Waals surface area contributed by atoms with Gasteiger partial charge in [-0.05, 0) is 23.6 Å². The molecule has 2 aromatic carbocycles. The van der Waals surface area contributed by atoms with E-state index in [0.717, 1.165) is 16.5 Å². The van der Waals surface area contributed by atoms with Crippen molar-refractivity contribution in [1.29, 1.82) is 0 Å². The number of rotatable bonds is 13. The summed E-state index contributed by atoms with van der Waals surface area (Å²) >= 11 is 4.11. The smallest absolute Gasteiger partial charge is 0.326 e. The maximum Gasteiger partial charge on any atom is 0.326 e. The molecule has 1 aromatic heterocycles. The maximum atomic E-state index is 12.8. The minimum absolute atomic E-state index is 0.0116. The monoisotopic (exact) mass is 541 g/mol. The lowest BCUT2D eigenvalue weighted by Gasteiger charge is -2.23. The number of para-hydroxylation sites is 1. The van der Waals surface area contributed by atoms with Crippen molar-refractivity contribution in [3.05, 3.63) is 71.9 Å². The first-order chi connectivity index (χ1) is 18.2. The molecule has 3 aromatic rings. The highest BCUT2D eigenvalue weighted by molar-refractivity contribution is 7.80. The van der Waals surface area contributed by atoms with Crippen LogP contribution in [0.25, 0.3) is 10.9 Å². The predicted molar refractivity (Wildman–Crippen MR) is 144 cm³/mol. The summed E-state index contributed by atoms with van der Waals surface area (Å²) in [5.74, 6) is -3.64. The molecule has 0 aliphatic heterocycles. The van der Waals surface area contributed by atoms with Crippen molar-refractivity contribution >= 4 is 47.2 Å². The highest BCUT2D eigenvalue weighted by Gasteiger charge is 2.29. The number of carboxylic acid groups (broad SMARTS) is 1. The molecule has 4 unspecified atom stereocenters. The highest BCUT2D eigenvalue weighted by Crippen LogP contribution is 2.18. The molecular formula is C26H31N5O6S. The van der Waals surface area contributed by atoms with E-state index in [0.29, 0.717) is 5.56 Å². The van der Waals surface area contributed by atoms with E-state index >= 15 is 0 Å².